The monoisotopic (exact) mass is 205 g/mol. The smallest absolute Gasteiger partial charge is 0.185 e. The van der Waals surface area contributed by atoms with Crippen LogP contribution in [-0.4, -0.2) is 11.2 Å². The molecule has 1 aliphatic rings. The largest absolute Gasteiger partial charge is 0.339 e. The molecular weight excluding hydrogens is 188 g/mol. The molecule has 1 heterocycles. The van der Waals surface area contributed by atoms with E-state index >= 15 is 0 Å². The van der Waals surface area contributed by atoms with Gasteiger partial charge in [-0.15, -0.1) is 0 Å². The molecule has 0 amide bonds. The second-order valence-corrected chi connectivity index (χ2v) is 4.92. The fraction of sp³-hybridized carbons (Fsp3) is 0.538. The van der Waals surface area contributed by atoms with Gasteiger partial charge in [0, 0.05) is 5.56 Å². The number of hydrogen-bond donors (Lipinski definition) is 0. The normalized spacial score (nSPS) is 24.3. The van der Waals surface area contributed by atoms with Gasteiger partial charge in [0.1, 0.15) is 0 Å². The van der Waals surface area contributed by atoms with E-state index in [0.717, 1.165) is 5.56 Å². The van der Waals surface area contributed by atoms with E-state index in [1.807, 2.05) is 24.3 Å². The average Bonchev–Trinajstić information content (AvgIpc) is 2.38. The molecule has 2 nitrogen and oxygen atoms in total. The van der Waals surface area contributed by atoms with Gasteiger partial charge in [-0.2, -0.15) is 0 Å². The predicted molar refractivity (Wildman–Crippen MR) is 58.3 cm³/mol. The highest BCUT2D eigenvalue weighted by Crippen LogP contribution is 2.44. The van der Waals surface area contributed by atoms with E-state index in [-0.39, 0.29) is 17.5 Å². The minimum atomic E-state index is -0.267. The fourth-order valence-electron chi connectivity index (χ4n) is 1.54. The first-order chi connectivity index (χ1) is 6.92. The minimum absolute atomic E-state index is 0.260. The summed E-state index contributed by atoms with van der Waals surface area (Å²) in [6.45, 7) is 8.23. The second-order valence-electron chi connectivity index (χ2n) is 4.92. The molecule has 81 valence electrons. The van der Waals surface area contributed by atoms with E-state index in [2.05, 4.69) is 33.8 Å². The number of hydrogen-bond acceptors (Lipinski definition) is 2. The van der Waals surface area contributed by atoms with Gasteiger partial charge in [-0.1, -0.05) is 24.3 Å². The molecule has 0 aromatic heterocycles. The topological polar surface area (TPSA) is 18.5 Å². The average molecular weight is 205 g/mol. The molecule has 0 spiro atoms. The zero-order valence-electron chi connectivity index (χ0n) is 9.70. The van der Waals surface area contributed by atoms with E-state index in [9.17, 15) is 0 Å². The Bertz CT molecular complexity index is 325. The molecule has 0 saturated carbocycles. The molecule has 0 atom stereocenters. The van der Waals surface area contributed by atoms with Gasteiger partial charge in [0.05, 0.1) is 11.2 Å². The summed E-state index contributed by atoms with van der Waals surface area (Å²) in [6, 6.07) is 10.7. The number of rotatable bonds is 1. The number of benzene rings is 1. The van der Waals surface area contributed by atoms with Crippen LogP contribution in [0.15, 0.2) is 24.3 Å². The first-order valence-electron chi connectivity index (χ1n) is 5.24. The van der Waals surface area contributed by atoms with Gasteiger partial charge < -0.3 is 9.47 Å². The summed E-state index contributed by atoms with van der Waals surface area (Å²) in [5, 5.41) is 0. The van der Waals surface area contributed by atoms with Crippen LogP contribution < -0.4 is 0 Å². The molecule has 2 heteroatoms. The molecule has 1 radical (unpaired) electrons. The van der Waals surface area contributed by atoms with Gasteiger partial charge in [-0.05, 0) is 33.8 Å². The van der Waals surface area contributed by atoms with Gasteiger partial charge in [0.2, 0.25) is 0 Å². The van der Waals surface area contributed by atoms with Crippen molar-refractivity contribution in [3.8, 4) is 0 Å². The van der Waals surface area contributed by atoms with Crippen LogP contribution in [0, 0.1) is 6.07 Å². The second kappa shape index (κ2) is 3.32. The molecule has 0 aliphatic carbocycles. The fourth-order valence-corrected chi connectivity index (χ4v) is 1.54. The molecule has 0 N–H and O–H groups in total. The van der Waals surface area contributed by atoms with Crippen LogP contribution >= 0.6 is 0 Å². The quantitative estimate of drug-likeness (QED) is 0.701. The van der Waals surface area contributed by atoms with Crippen LogP contribution in [0.4, 0.5) is 0 Å². The summed E-state index contributed by atoms with van der Waals surface area (Å²) in [7, 11) is 0. The van der Waals surface area contributed by atoms with Gasteiger partial charge in [0.25, 0.3) is 0 Å². The van der Waals surface area contributed by atoms with Crippen molar-refractivity contribution in [2.75, 3.05) is 0 Å². The number of ether oxygens (including phenoxy) is 2. The van der Waals surface area contributed by atoms with Crippen LogP contribution in [0.1, 0.15) is 39.5 Å². The first-order valence-corrected chi connectivity index (χ1v) is 5.24. The van der Waals surface area contributed by atoms with Crippen molar-refractivity contribution in [3.05, 3.63) is 35.9 Å². The maximum absolute atomic E-state index is 5.91. The summed E-state index contributed by atoms with van der Waals surface area (Å²) >= 11 is 0. The molecule has 1 fully saturated rings. The van der Waals surface area contributed by atoms with Crippen LogP contribution in [0.5, 0.6) is 0 Å². The van der Waals surface area contributed by atoms with Gasteiger partial charge in [0.15, 0.2) is 6.29 Å². The predicted octanol–water partition coefficient (Wildman–Crippen LogP) is 3.09. The molecule has 1 aliphatic heterocycles. The highest BCUT2D eigenvalue weighted by atomic mass is 16.7. The van der Waals surface area contributed by atoms with E-state index in [1.54, 1.807) is 0 Å². The highest BCUT2D eigenvalue weighted by molar-refractivity contribution is 5.17. The molecule has 2 rings (SSSR count). The van der Waals surface area contributed by atoms with E-state index in [4.69, 9.17) is 9.47 Å². The van der Waals surface area contributed by atoms with Crippen LogP contribution in [0.25, 0.3) is 0 Å². The Hall–Kier alpha value is -0.860. The lowest BCUT2D eigenvalue weighted by atomic mass is 9.90. The Balaban J connectivity index is 2.24. The zero-order chi connectivity index (χ0) is 11.1. The maximum Gasteiger partial charge on any atom is 0.185 e. The Morgan fingerprint density at radius 1 is 1.00 bits per heavy atom. The Morgan fingerprint density at radius 3 is 1.93 bits per heavy atom. The van der Waals surface area contributed by atoms with E-state index in [0.29, 0.717) is 0 Å². The van der Waals surface area contributed by atoms with Crippen LogP contribution in [0.3, 0.4) is 0 Å². The van der Waals surface area contributed by atoms with Crippen molar-refractivity contribution >= 4 is 0 Å². The van der Waals surface area contributed by atoms with Crippen LogP contribution in [-0.2, 0) is 9.47 Å². The highest BCUT2D eigenvalue weighted by Gasteiger charge is 2.49. The molecule has 1 aromatic carbocycles. The Morgan fingerprint density at radius 2 is 1.47 bits per heavy atom. The minimum Gasteiger partial charge on any atom is -0.339 e. The lowest BCUT2D eigenvalue weighted by molar-refractivity contribution is -0.0895. The zero-order valence-corrected chi connectivity index (χ0v) is 9.70. The van der Waals surface area contributed by atoms with Crippen molar-refractivity contribution < 1.29 is 9.47 Å². The third kappa shape index (κ3) is 1.80. The molecule has 0 bridgehead atoms. The lowest BCUT2D eigenvalue weighted by Gasteiger charge is -2.30. The molecular formula is C13H17O2. The van der Waals surface area contributed by atoms with Gasteiger partial charge in [-0.3, -0.25) is 0 Å². The summed E-state index contributed by atoms with van der Waals surface area (Å²) in [4.78, 5) is 0. The summed E-state index contributed by atoms with van der Waals surface area (Å²) in [5.74, 6) is 0. The summed E-state index contributed by atoms with van der Waals surface area (Å²) < 4.78 is 11.8. The molecule has 1 saturated heterocycles. The van der Waals surface area contributed by atoms with Crippen molar-refractivity contribution in [3.63, 3.8) is 0 Å². The van der Waals surface area contributed by atoms with E-state index in [1.165, 1.54) is 0 Å². The maximum atomic E-state index is 5.91. The molecule has 0 unspecified atom stereocenters. The van der Waals surface area contributed by atoms with Crippen LogP contribution in [0.2, 0.25) is 0 Å². The van der Waals surface area contributed by atoms with Crippen molar-refractivity contribution in [2.24, 2.45) is 0 Å². The molecule has 15 heavy (non-hydrogen) atoms. The SMILES string of the molecule is CC1(C)OC(c2cc[c]cc2)OC1(C)C. The Labute approximate surface area is 91.2 Å². The van der Waals surface area contributed by atoms with Gasteiger partial charge >= 0.3 is 0 Å². The van der Waals surface area contributed by atoms with Crippen molar-refractivity contribution in [1.29, 1.82) is 0 Å². The summed E-state index contributed by atoms with van der Waals surface area (Å²) in [5.41, 5.74) is 0.515. The Kier molecular flexibility index (Phi) is 2.36. The van der Waals surface area contributed by atoms with Crippen molar-refractivity contribution in [1.82, 2.24) is 0 Å². The van der Waals surface area contributed by atoms with E-state index < -0.39 is 0 Å². The first kappa shape index (κ1) is 10.7. The third-order valence-electron chi connectivity index (χ3n) is 3.27. The summed E-state index contributed by atoms with van der Waals surface area (Å²) in [6.07, 6.45) is -0.260. The molecule has 1 aromatic rings. The van der Waals surface area contributed by atoms with Crippen molar-refractivity contribution in [2.45, 2.75) is 45.2 Å². The third-order valence-corrected chi connectivity index (χ3v) is 3.27. The standard InChI is InChI=1S/C13H17O2/c1-12(2)13(3,4)15-11(14-12)10-8-6-5-7-9-10/h6-9,11H,1-4H3. The van der Waals surface area contributed by atoms with Gasteiger partial charge in [-0.25, -0.2) is 0 Å². The lowest BCUT2D eigenvalue weighted by Crippen LogP contribution is -2.41.